The molecule has 31 heavy (non-hydrogen) atoms. The van der Waals surface area contributed by atoms with Gasteiger partial charge in [0.15, 0.2) is 0 Å². The quantitative estimate of drug-likeness (QED) is 0.605. The highest BCUT2D eigenvalue weighted by molar-refractivity contribution is 6.33. The van der Waals surface area contributed by atoms with Crippen molar-refractivity contribution in [1.29, 1.82) is 0 Å². The van der Waals surface area contributed by atoms with E-state index in [1.54, 1.807) is 20.0 Å². The zero-order valence-electron chi connectivity index (χ0n) is 18.3. The summed E-state index contributed by atoms with van der Waals surface area (Å²) in [6.45, 7) is 5.04. The van der Waals surface area contributed by atoms with Crippen LogP contribution in [-0.4, -0.2) is 44.1 Å². The van der Waals surface area contributed by atoms with Gasteiger partial charge in [-0.2, -0.15) is 0 Å². The number of rotatable bonds is 6. The van der Waals surface area contributed by atoms with Gasteiger partial charge in [-0.1, -0.05) is 23.7 Å². The Labute approximate surface area is 187 Å². The summed E-state index contributed by atoms with van der Waals surface area (Å²) in [5.74, 6) is 1.98. The van der Waals surface area contributed by atoms with Crippen molar-refractivity contribution in [1.82, 2.24) is 14.5 Å². The summed E-state index contributed by atoms with van der Waals surface area (Å²) < 4.78 is 2.05. The molecular weight excluding hydrogens is 412 g/mol. The molecule has 1 aliphatic rings. The Morgan fingerprint density at radius 2 is 1.97 bits per heavy atom. The van der Waals surface area contributed by atoms with Crippen molar-refractivity contribution in [3.63, 3.8) is 0 Å². The Balaban J connectivity index is 1.49. The Bertz CT molecular complexity index is 1090. The number of anilines is 1. The number of piperidine rings is 1. The van der Waals surface area contributed by atoms with Crippen LogP contribution in [0.3, 0.4) is 0 Å². The van der Waals surface area contributed by atoms with E-state index in [1.807, 2.05) is 41.9 Å². The molecule has 3 aromatic rings. The lowest BCUT2D eigenvalue weighted by Crippen LogP contribution is -2.37. The SMILES string of the molecule is Cn1c(-c2cc(N3CCC(C(=O)CCC(C)(C)O)CC3)ncc2Cl)nc2ccccc21. The molecule has 0 radical (unpaired) electrons. The Morgan fingerprint density at radius 3 is 2.65 bits per heavy atom. The van der Waals surface area contributed by atoms with Crippen LogP contribution in [-0.2, 0) is 11.8 Å². The number of imidazole rings is 1. The molecule has 1 saturated heterocycles. The lowest BCUT2D eigenvalue weighted by molar-refractivity contribution is -0.124. The minimum absolute atomic E-state index is 0.0604. The van der Waals surface area contributed by atoms with Crippen LogP contribution in [0, 0.1) is 5.92 Å². The average Bonchev–Trinajstić information content (AvgIpc) is 3.08. The molecule has 0 spiro atoms. The number of para-hydroxylation sites is 2. The average molecular weight is 441 g/mol. The fourth-order valence-corrected chi connectivity index (χ4v) is 4.41. The Kier molecular flexibility index (Phi) is 6.04. The standard InChI is InChI=1S/C24H29ClN4O2/c1-24(2,31)11-8-21(30)16-9-12-29(13-10-16)22-14-17(18(25)15-26-22)23-27-19-6-4-5-7-20(19)28(23)3/h4-7,14-16,31H,8-13H2,1-3H3. The Morgan fingerprint density at radius 1 is 1.26 bits per heavy atom. The monoisotopic (exact) mass is 440 g/mol. The van der Waals surface area contributed by atoms with Crippen molar-refractivity contribution in [2.45, 2.75) is 45.1 Å². The van der Waals surface area contributed by atoms with Crippen LogP contribution < -0.4 is 4.90 Å². The highest BCUT2D eigenvalue weighted by Crippen LogP contribution is 2.33. The number of halogens is 1. The van der Waals surface area contributed by atoms with Gasteiger partial charge < -0.3 is 14.6 Å². The summed E-state index contributed by atoms with van der Waals surface area (Å²) in [5, 5.41) is 10.4. The van der Waals surface area contributed by atoms with Crippen molar-refractivity contribution in [3.05, 3.63) is 41.6 Å². The molecule has 1 fully saturated rings. The molecule has 3 heterocycles. The first-order chi connectivity index (χ1) is 14.7. The van der Waals surface area contributed by atoms with Crippen molar-refractivity contribution in [2.75, 3.05) is 18.0 Å². The van der Waals surface area contributed by atoms with Gasteiger partial charge in [-0.05, 0) is 51.3 Å². The summed E-state index contributed by atoms with van der Waals surface area (Å²) in [4.78, 5) is 24.1. The molecule has 6 nitrogen and oxygen atoms in total. The van der Waals surface area contributed by atoms with Gasteiger partial charge in [0.25, 0.3) is 0 Å². The highest BCUT2D eigenvalue weighted by atomic mass is 35.5. The third-order valence-corrected chi connectivity index (χ3v) is 6.43. The van der Waals surface area contributed by atoms with Gasteiger partial charge in [0, 0.05) is 44.2 Å². The van der Waals surface area contributed by atoms with E-state index in [1.165, 1.54) is 0 Å². The van der Waals surface area contributed by atoms with E-state index in [2.05, 4.69) is 9.88 Å². The molecule has 1 aliphatic heterocycles. The van der Waals surface area contributed by atoms with E-state index in [9.17, 15) is 9.90 Å². The number of aromatic nitrogens is 3. The van der Waals surface area contributed by atoms with E-state index in [0.29, 0.717) is 17.9 Å². The molecular formula is C24H29ClN4O2. The number of aryl methyl sites for hydroxylation is 1. The first-order valence-electron chi connectivity index (χ1n) is 10.8. The number of aliphatic hydroxyl groups is 1. The van der Waals surface area contributed by atoms with Gasteiger partial charge in [0.2, 0.25) is 0 Å². The third-order valence-electron chi connectivity index (χ3n) is 6.13. The van der Waals surface area contributed by atoms with Crippen LogP contribution in [0.4, 0.5) is 5.82 Å². The molecule has 4 rings (SSSR count). The van der Waals surface area contributed by atoms with Gasteiger partial charge in [0.05, 0.1) is 21.7 Å². The smallest absolute Gasteiger partial charge is 0.142 e. The number of carbonyl (C=O) groups excluding carboxylic acids is 1. The van der Waals surface area contributed by atoms with Gasteiger partial charge in [-0.25, -0.2) is 9.97 Å². The maximum atomic E-state index is 12.5. The number of Topliss-reactive ketones (excluding diaryl/α,β-unsaturated/α-hetero) is 1. The molecule has 0 saturated carbocycles. The number of nitrogens with zero attached hydrogens (tertiary/aromatic N) is 4. The zero-order valence-corrected chi connectivity index (χ0v) is 19.1. The number of ketones is 1. The molecule has 0 amide bonds. The summed E-state index contributed by atoms with van der Waals surface area (Å²) in [5.41, 5.74) is 2.04. The van der Waals surface area contributed by atoms with Crippen LogP contribution in [0.2, 0.25) is 5.02 Å². The maximum absolute atomic E-state index is 12.5. The number of hydrogen-bond acceptors (Lipinski definition) is 5. The highest BCUT2D eigenvalue weighted by Gasteiger charge is 2.27. The predicted molar refractivity (Wildman–Crippen MR) is 124 cm³/mol. The molecule has 0 unspecified atom stereocenters. The molecule has 0 bridgehead atoms. The van der Waals surface area contributed by atoms with Crippen molar-refractivity contribution in [3.8, 4) is 11.4 Å². The van der Waals surface area contributed by atoms with Gasteiger partial charge in [-0.15, -0.1) is 0 Å². The first-order valence-corrected chi connectivity index (χ1v) is 11.2. The molecule has 7 heteroatoms. The molecule has 1 aromatic carbocycles. The fourth-order valence-electron chi connectivity index (χ4n) is 4.22. The maximum Gasteiger partial charge on any atom is 0.142 e. The van der Waals surface area contributed by atoms with E-state index in [4.69, 9.17) is 16.6 Å². The van der Waals surface area contributed by atoms with Crippen LogP contribution in [0.25, 0.3) is 22.4 Å². The second-order valence-corrected chi connectivity index (χ2v) is 9.45. The lowest BCUT2D eigenvalue weighted by Gasteiger charge is -2.32. The molecule has 2 aromatic heterocycles. The van der Waals surface area contributed by atoms with Crippen LogP contribution in [0.1, 0.15) is 39.5 Å². The number of fused-ring (bicyclic) bond motifs is 1. The van der Waals surface area contributed by atoms with Gasteiger partial charge in [-0.3, -0.25) is 4.79 Å². The van der Waals surface area contributed by atoms with E-state index in [-0.39, 0.29) is 11.7 Å². The van der Waals surface area contributed by atoms with E-state index < -0.39 is 5.60 Å². The van der Waals surface area contributed by atoms with Crippen molar-refractivity contribution in [2.24, 2.45) is 13.0 Å². The molecule has 164 valence electrons. The van der Waals surface area contributed by atoms with Crippen LogP contribution >= 0.6 is 11.6 Å². The third kappa shape index (κ3) is 4.75. The number of pyridine rings is 1. The topological polar surface area (TPSA) is 71.2 Å². The van der Waals surface area contributed by atoms with Crippen molar-refractivity contribution < 1.29 is 9.90 Å². The number of hydrogen-bond donors (Lipinski definition) is 1. The molecule has 0 aliphatic carbocycles. The minimum atomic E-state index is -0.796. The van der Waals surface area contributed by atoms with Crippen LogP contribution in [0.5, 0.6) is 0 Å². The molecule has 1 N–H and O–H groups in total. The van der Waals surface area contributed by atoms with Gasteiger partial charge in [0.1, 0.15) is 17.4 Å². The molecule has 0 atom stereocenters. The normalized spacial score (nSPS) is 15.6. The second kappa shape index (κ2) is 8.60. The minimum Gasteiger partial charge on any atom is -0.390 e. The van der Waals surface area contributed by atoms with Crippen molar-refractivity contribution >= 4 is 34.2 Å². The van der Waals surface area contributed by atoms with E-state index >= 15 is 0 Å². The largest absolute Gasteiger partial charge is 0.390 e. The summed E-state index contributed by atoms with van der Waals surface area (Å²) >= 11 is 6.51. The first kappa shape index (κ1) is 21.8. The van der Waals surface area contributed by atoms with Crippen LogP contribution in [0.15, 0.2) is 36.5 Å². The van der Waals surface area contributed by atoms with Gasteiger partial charge >= 0.3 is 0 Å². The number of carbonyl (C=O) groups is 1. The fraction of sp³-hybridized carbons (Fsp3) is 0.458. The summed E-state index contributed by atoms with van der Waals surface area (Å²) in [7, 11) is 1.99. The summed E-state index contributed by atoms with van der Waals surface area (Å²) in [6, 6.07) is 10.0. The Hall–Kier alpha value is -2.44. The lowest BCUT2D eigenvalue weighted by atomic mass is 9.88. The second-order valence-electron chi connectivity index (χ2n) is 9.05. The predicted octanol–water partition coefficient (Wildman–Crippen LogP) is 4.63. The zero-order chi connectivity index (χ0) is 22.2. The van der Waals surface area contributed by atoms with E-state index in [0.717, 1.165) is 54.2 Å². The number of benzene rings is 1. The summed E-state index contributed by atoms with van der Waals surface area (Å²) in [6.07, 6.45) is 4.23.